The summed E-state index contributed by atoms with van der Waals surface area (Å²) in [5, 5.41) is 11.5. The van der Waals surface area contributed by atoms with E-state index in [1.54, 1.807) is 13.8 Å². The lowest BCUT2D eigenvalue weighted by atomic mass is 9.98. The van der Waals surface area contributed by atoms with Crippen molar-refractivity contribution in [2.75, 3.05) is 6.61 Å². The molecule has 29 heavy (non-hydrogen) atoms. The molecule has 1 atom stereocenters. The van der Waals surface area contributed by atoms with Crippen molar-refractivity contribution < 1.29 is 24.2 Å². The highest BCUT2D eigenvalue weighted by Gasteiger charge is 2.30. The van der Waals surface area contributed by atoms with Crippen molar-refractivity contribution >= 4 is 17.8 Å². The Bertz CT molecular complexity index is 875. The second kappa shape index (κ2) is 8.90. The van der Waals surface area contributed by atoms with Crippen LogP contribution in [0.4, 0.5) is 4.79 Å². The molecule has 0 fully saturated rings. The normalized spacial score (nSPS) is 13.5. The van der Waals surface area contributed by atoms with E-state index in [1.807, 2.05) is 48.5 Å². The number of hydrogen-bond donors (Lipinski definition) is 2. The number of alkyl carbamates (subject to hydrolysis) is 1. The number of aliphatic carboxylic acids is 1. The van der Waals surface area contributed by atoms with Crippen molar-refractivity contribution in [3.63, 3.8) is 0 Å². The first-order valence-corrected chi connectivity index (χ1v) is 9.52. The van der Waals surface area contributed by atoms with Crippen LogP contribution in [0, 0.1) is 5.92 Å². The van der Waals surface area contributed by atoms with E-state index in [2.05, 4.69) is 5.32 Å². The maximum absolute atomic E-state index is 12.3. The minimum Gasteiger partial charge on any atom is -0.481 e. The van der Waals surface area contributed by atoms with Crippen LogP contribution in [-0.4, -0.2) is 35.6 Å². The molecule has 0 aliphatic heterocycles. The third-order valence-corrected chi connectivity index (χ3v) is 4.93. The van der Waals surface area contributed by atoms with Gasteiger partial charge in [-0.3, -0.25) is 9.59 Å². The van der Waals surface area contributed by atoms with Crippen molar-refractivity contribution in [2.45, 2.75) is 38.6 Å². The number of rotatable bonds is 8. The second-order valence-electron chi connectivity index (χ2n) is 7.47. The summed E-state index contributed by atoms with van der Waals surface area (Å²) in [7, 11) is 0. The Balaban J connectivity index is 1.68. The van der Waals surface area contributed by atoms with Crippen LogP contribution >= 0.6 is 0 Å². The molecule has 0 bridgehead atoms. The lowest BCUT2D eigenvalue weighted by Gasteiger charge is -2.18. The quantitative estimate of drug-likeness (QED) is 0.707. The van der Waals surface area contributed by atoms with Gasteiger partial charge in [-0.1, -0.05) is 62.4 Å². The molecule has 1 radical (unpaired) electrons. The van der Waals surface area contributed by atoms with Crippen LogP contribution in [0.2, 0.25) is 0 Å². The van der Waals surface area contributed by atoms with Gasteiger partial charge in [0.25, 0.3) is 0 Å². The van der Waals surface area contributed by atoms with Crippen molar-refractivity contribution in [2.24, 2.45) is 0 Å². The summed E-state index contributed by atoms with van der Waals surface area (Å²) in [5.74, 6) is -0.760. The van der Waals surface area contributed by atoms with Gasteiger partial charge in [-0.05, 0) is 28.2 Å². The molecule has 0 saturated carbocycles. The van der Waals surface area contributed by atoms with Crippen LogP contribution in [0.15, 0.2) is 48.5 Å². The van der Waals surface area contributed by atoms with Crippen LogP contribution in [-0.2, 0) is 14.3 Å². The van der Waals surface area contributed by atoms with Gasteiger partial charge in [0.15, 0.2) is 5.78 Å². The Morgan fingerprint density at radius 3 is 2.07 bits per heavy atom. The summed E-state index contributed by atoms with van der Waals surface area (Å²) in [4.78, 5) is 35.7. The third kappa shape index (κ3) is 4.83. The van der Waals surface area contributed by atoms with Gasteiger partial charge in [-0.25, -0.2) is 4.79 Å². The summed E-state index contributed by atoms with van der Waals surface area (Å²) < 4.78 is 5.40. The summed E-state index contributed by atoms with van der Waals surface area (Å²) in [5.41, 5.74) is 4.39. The van der Waals surface area contributed by atoms with Crippen LogP contribution < -0.4 is 5.32 Å². The maximum atomic E-state index is 12.3. The first kappa shape index (κ1) is 20.6. The fourth-order valence-corrected chi connectivity index (χ4v) is 3.67. The van der Waals surface area contributed by atoms with Gasteiger partial charge >= 0.3 is 12.1 Å². The Morgan fingerprint density at radius 2 is 1.55 bits per heavy atom. The van der Waals surface area contributed by atoms with E-state index in [0.29, 0.717) is 0 Å². The van der Waals surface area contributed by atoms with Crippen LogP contribution in [0.3, 0.4) is 0 Å². The molecule has 0 unspecified atom stereocenters. The summed E-state index contributed by atoms with van der Waals surface area (Å²) in [6, 6.07) is 14.8. The fourth-order valence-electron chi connectivity index (χ4n) is 3.67. The van der Waals surface area contributed by atoms with E-state index in [-0.39, 0.29) is 24.7 Å². The minimum absolute atomic E-state index is 0.104. The first-order valence-electron chi connectivity index (χ1n) is 9.52. The van der Waals surface area contributed by atoms with E-state index in [0.717, 1.165) is 28.2 Å². The summed E-state index contributed by atoms with van der Waals surface area (Å²) in [6.07, 6.45) is -1.15. The van der Waals surface area contributed by atoms with Crippen molar-refractivity contribution in [3.8, 4) is 11.1 Å². The molecule has 0 heterocycles. The number of carbonyl (C=O) groups excluding carboxylic acids is 2. The van der Waals surface area contributed by atoms with Crippen molar-refractivity contribution in [1.29, 1.82) is 0 Å². The zero-order chi connectivity index (χ0) is 21.0. The molecule has 2 N–H and O–H groups in total. The monoisotopic (exact) mass is 394 g/mol. The van der Waals surface area contributed by atoms with Crippen molar-refractivity contribution in [1.82, 2.24) is 5.32 Å². The smallest absolute Gasteiger partial charge is 0.407 e. The molecule has 1 amide bonds. The maximum Gasteiger partial charge on any atom is 0.407 e. The zero-order valence-electron chi connectivity index (χ0n) is 16.5. The Labute approximate surface area is 169 Å². The van der Waals surface area contributed by atoms with E-state index < -0.39 is 24.5 Å². The topological polar surface area (TPSA) is 92.7 Å². The van der Waals surface area contributed by atoms with Gasteiger partial charge in [0, 0.05) is 12.3 Å². The van der Waals surface area contributed by atoms with E-state index >= 15 is 0 Å². The number of benzene rings is 2. The SMILES string of the molecule is C[C](C)CC(=O)[C@H](CC(=O)O)NC(=O)OCC1c2ccccc2-c2ccccc21. The largest absolute Gasteiger partial charge is 0.481 e. The highest BCUT2D eigenvalue weighted by Crippen LogP contribution is 2.44. The van der Waals surface area contributed by atoms with Crippen molar-refractivity contribution in [3.05, 3.63) is 65.6 Å². The molecule has 2 aromatic rings. The Hall–Kier alpha value is -3.15. The molecule has 1 aliphatic carbocycles. The molecule has 2 aromatic carbocycles. The van der Waals surface area contributed by atoms with Crippen LogP contribution in [0.5, 0.6) is 0 Å². The number of nitrogens with one attached hydrogen (secondary N) is 1. The summed E-state index contributed by atoms with van der Waals surface area (Å²) in [6.45, 7) is 3.67. The molecule has 151 valence electrons. The highest BCUT2D eigenvalue weighted by atomic mass is 16.5. The number of carboxylic acids is 1. The minimum atomic E-state index is -1.16. The van der Waals surface area contributed by atoms with Gasteiger partial charge < -0.3 is 15.2 Å². The Kier molecular flexibility index (Phi) is 6.32. The number of ketones is 1. The molecule has 6 heteroatoms. The van der Waals surface area contributed by atoms with E-state index in [1.165, 1.54) is 0 Å². The van der Waals surface area contributed by atoms with E-state index in [4.69, 9.17) is 9.84 Å². The number of hydrogen-bond acceptors (Lipinski definition) is 4. The molecular weight excluding hydrogens is 370 g/mol. The lowest BCUT2D eigenvalue weighted by molar-refractivity contribution is -0.139. The average Bonchev–Trinajstić information content (AvgIpc) is 2.99. The number of amides is 1. The predicted octanol–water partition coefficient (Wildman–Crippen LogP) is 3.94. The first-order chi connectivity index (χ1) is 13.9. The van der Waals surface area contributed by atoms with Gasteiger partial charge in [-0.2, -0.15) is 0 Å². The number of fused-ring (bicyclic) bond motifs is 3. The number of carbonyl (C=O) groups is 3. The molecule has 3 rings (SSSR count). The average molecular weight is 394 g/mol. The standard InChI is InChI=1S/C23H24NO5/c1-14(2)11-21(25)20(12-22(26)27)24-23(28)29-13-19-17-9-5-3-7-15(17)16-8-4-6-10-18(16)19/h3-10,19-20H,11-13H2,1-2H3,(H,24,28)(H,26,27)/t20-/m0/s1. The van der Waals surface area contributed by atoms with Gasteiger partial charge in [0.2, 0.25) is 0 Å². The molecule has 0 aromatic heterocycles. The van der Waals surface area contributed by atoms with Crippen LogP contribution in [0.1, 0.15) is 43.7 Å². The molecular formula is C23H24NO5. The van der Waals surface area contributed by atoms with Gasteiger partial charge in [0.05, 0.1) is 6.42 Å². The second-order valence-corrected chi connectivity index (χ2v) is 7.47. The van der Waals surface area contributed by atoms with Gasteiger partial charge in [0.1, 0.15) is 12.6 Å². The highest BCUT2D eigenvalue weighted by molar-refractivity contribution is 5.91. The third-order valence-electron chi connectivity index (χ3n) is 4.93. The molecule has 1 aliphatic rings. The fraction of sp³-hybridized carbons (Fsp3) is 0.304. The summed E-state index contributed by atoms with van der Waals surface area (Å²) >= 11 is 0. The number of Topliss-reactive ketones (excluding diaryl/α,β-unsaturated/α-hetero) is 1. The number of carboxylic acid groups (broad SMARTS) is 1. The zero-order valence-corrected chi connectivity index (χ0v) is 16.5. The lowest BCUT2D eigenvalue weighted by Crippen LogP contribution is -2.43. The Morgan fingerprint density at radius 1 is 1.00 bits per heavy atom. The molecule has 0 spiro atoms. The van der Waals surface area contributed by atoms with E-state index in [9.17, 15) is 14.4 Å². The van der Waals surface area contributed by atoms with Crippen LogP contribution in [0.25, 0.3) is 11.1 Å². The molecule has 0 saturated heterocycles. The van der Waals surface area contributed by atoms with Gasteiger partial charge in [-0.15, -0.1) is 0 Å². The molecule has 6 nitrogen and oxygen atoms in total. The number of ether oxygens (including phenoxy) is 1. The predicted molar refractivity (Wildman–Crippen MR) is 108 cm³/mol.